The van der Waals surface area contributed by atoms with E-state index >= 15 is 0 Å². The molecule has 13 heavy (non-hydrogen) atoms. The SMILES string of the molecule is O=C(O)C1(Cc2ccncc2)CC1. The summed E-state index contributed by atoms with van der Waals surface area (Å²) in [5.74, 6) is -0.663. The molecule has 0 unspecified atom stereocenters. The first-order chi connectivity index (χ1) is 6.23. The summed E-state index contributed by atoms with van der Waals surface area (Å²) >= 11 is 0. The molecule has 2 rings (SSSR count). The monoisotopic (exact) mass is 177 g/mol. The molecular weight excluding hydrogens is 166 g/mol. The molecular formula is C10H11NO2. The second-order valence-electron chi connectivity index (χ2n) is 3.62. The summed E-state index contributed by atoms with van der Waals surface area (Å²) in [6.07, 6.45) is 5.67. The lowest BCUT2D eigenvalue weighted by molar-refractivity contribution is -0.143. The van der Waals surface area contributed by atoms with E-state index in [2.05, 4.69) is 4.98 Å². The van der Waals surface area contributed by atoms with E-state index in [9.17, 15) is 4.79 Å². The van der Waals surface area contributed by atoms with Crippen molar-refractivity contribution >= 4 is 5.97 Å². The molecule has 0 amide bonds. The summed E-state index contributed by atoms with van der Waals surface area (Å²) in [6, 6.07) is 3.76. The summed E-state index contributed by atoms with van der Waals surface area (Å²) < 4.78 is 0. The van der Waals surface area contributed by atoms with E-state index in [1.807, 2.05) is 12.1 Å². The smallest absolute Gasteiger partial charge is 0.309 e. The van der Waals surface area contributed by atoms with Crippen molar-refractivity contribution < 1.29 is 9.90 Å². The Morgan fingerprint density at radius 2 is 2.08 bits per heavy atom. The number of carboxylic acids is 1. The van der Waals surface area contributed by atoms with Gasteiger partial charge in [0.15, 0.2) is 0 Å². The molecule has 1 aromatic heterocycles. The van der Waals surface area contributed by atoms with Crippen LogP contribution in [0.2, 0.25) is 0 Å². The van der Waals surface area contributed by atoms with Gasteiger partial charge >= 0.3 is 5.97 Å². The molecule has 1 aromatic rings. The van der Waals surface area contributed by atoms with E-state index in [0.717, 1.165) is 18.4 Å². The van der Waals surface area contributed by atoms with Crippen molar-refractivity contribution in [1.82, 2.24) is 4.98 Å². The molecule has 0 atom stereocenters. The van der Waals surface area contributed by atoms with Crippen LogP contribution in [-0.4, -0.2) is 16.1 Å². The molecule has 3 nitrogen and oxygen atoms in total. The zero-order valence-corrected chi connectivity index (χ0v) is 7.23. The molecule has 3 heteroatoms. The van der Waals surface area contributed by atoms with Crippen molar-refractivity contribution in [2.45, 2.75) is 19.3 Å². The van der Waals surface area contributed by atoms with Gasteiger partial charge in [-0.1, -0.05) is 0 Å². The Morgan fingerprint density at radius 3 is 2.54 bits per heavy atom. The lowest BCUT2D eigenvalue weighted by atomic mass is 9.98. The first kappa shape index (κ1) is 8.23. The fourth-order valence-corrected chi connectivity index (χ4v) is 1.51. The van der Waals surface area contributed by atoms with Crippen molar-refractivity contribution in [3.63, 3.8) is 0 Å². The second-order valence-corrected chi connectivity index (χ2v) is 3.62. The summed E-state index contributed by atoms with van der Waals surface area (Å²) in [6.45, 7) is 0. The zero-order chi connectivity index (χ0) is 9.31. The summed E-state index contributed by atoms with van der Waals surface area (Å²) in [5, 5.41) is 8.95. The number of pyridine rings is 1. The van der Waals surface area contributed by atoms with E-state index in [-0.39, 0.29) is 0 Å². The highest BCUT2D eigenvalue weighted by atomic mass is 16.4. The van der Waals surface area contributed by atoms with Crippen LogP contribution < -0.4 is 0 Å². The first-order valence-corrected chi connectivity index (χ1v) is 4.35. The van der Waals surface area contributed by atoms with Gasteiger partial charge < -0.3 is 5.11 Å². The maximum absolute atomic E-state index is 10.9. The van der Waals surface area contributed by atoms with Gasteiger partial charge in [0.2, 0.25) is 0 Å². The molecule has 0 aromatic carbocycles. The summed E-state index contributed by atoms with van der Waals surface area (Å²) in [7, 11) is 0. The van der Waals surface area contributed by atoms with Crippen LogP contribution in [0.15, 0.2) is 24.5 Å². The Morgan fingerprint density at radius 1 is 1.46 bits per heavy atom. The minimum atomic E-state index is -0.663. The highest BCUT2D eigenvalue weighted by Crippen LogP contribution is 2.48. The molecule has 1 N–H and O–H groups in total. The van der Waals surface area contributed by atoms with Gasteiger partial charge in [-0.05, 0) is 37.0 Å². The number of nitrogens with zero attached hydrogens (tertiary/aromatic N) is 1. The average molecular weight is 177 g/mol. The molecule has 0 spiro atoms. The van der Waals surface area contributed by atoms with Gasteiger partial charge in [-0.25, -0.2) is 0 Å². The normalized spacial score (nSPS) is 18.2. The van der Waals surface area contributed by atoms with Crippen LogP contribution in [0.25, 0.3) is 0 Å². The summed E-state index contributed by atoms with van der Waals surface area (Å²) in [5.41, 5.74) is 0.608. The topological polar surface area (TPSA) is 50.2 Å². The molecule has 0 aliphatic heterocycles. The highest BCUT2D eigenvalue weighted by Gasteiger charge is 2.49. The molecule has 68 valence electrons. The Labute approximate surface area is 76.4 Å². The molecule has 1 aliphatic rings. The van der Waals surface area contributed by atoms with Crippen molar-refractivity contribution in [3.05, 3.63) is 30.1 Å². The van der Waals surface area contributed by atoms with E-state index in [0.29, 0.717) is 6.42 Å². The predicted molar refractivity (Wildman–Crippen MR) is 47.2 cm³/mol. The van der Waals surface area contributed by atoms with Gasteiger partial charge in [-0.15, -0.1) is 0 Å². The number of carbonyl (C=O) groups is 1. The number of hydrogen-bond acceptors (Lipinski definition) is 2. The fourth-order valence-electron chi connectivity index (χ4n) is 1.51. The van der Waals surface area contributed by atoms with Gasteiger partial charge in [0, 0.05) is 12.4 Å². The van der Waals surface area contributed by atoms with Crippen LogP contribution in [0.4, 0.5) is 0 Å². The third-order valence-corrected chi connectivity index (χ3v) is 2.60. The third kappa shape index (κ3) is 1.54. The van der Waals surface area contributed by atoms with Crippen LogP contribution >= 0.6 is 0 Å². The quantitative estimate of drug-likeness (QED) is 0.760. The number of carboxylic acid groups (broad SMARTS) is 1. The molecule has 0 saturated heterocycles. The van der Waals surface area contributed by atoms with Gasteiger partial charge in [0.1, 0.15) is 0 Å². The molecule has 0 bridgehead atoms. The zero-order valence-electron chi connectivity index (χ0n) is 7.23. The van der Waals surface area contributed by atoms with Crippen LogP contribution in [-0.2, 0) is 11.2 Å². The third-order valence-electron chi connectivity index (χ3n) is 2.60. The van der Waals surface area contributed by atoms with Gasteiger partial charge in [0.05, 0.1) is 5.41 Å². The molecule has 1 aliphatic carbocycles. The van der Waals surface area contributed by atoms with E-state index in [1.165, 1.54) is 0 Å². The second kappa shape index (κ2) is 2.83. The number of aromatic nitrogens is 1. The maximum atomic E-state index is 10.9. The van der Waals surface area contributed by atoms with Crippen LogP contribution in [0, 0.1) is 5.41 Å². The van der Waals surface area contributed by atoms with Gasteiger partial charge in [-0.3, -0.25) is 9.78 Å². The van der Waals surface area contributed by atoms with Crippen molar-refractivity contribution in [1.29, 1.82) is 0 Å². The molecule has 1 fully saturated rings. The standard InChI is InChI=1S/C10H11NO2/c12-9(13)10(3-4-10)7-8-1-5-11-6-2-8/h1-2,5-6H,3-4,7H2,(H,12,13). The first-order valence-electron chi connectivity index (χ1n) is 4.35. The largest absolute Gasteiger partial charge is 0.481 e. The highest BCUT2D eigenvalue weighted by molar-refractivity contribution is 5.78. The molecule has 1 saturated carbocycles. The summed E-state index contributed by atoms with van der Waals surface area (Å²) in [4.78, 5) is 14.8. The van der Waals surface area contributed by atoms with E-state index < -0.39 is 11.4 Å². The Bertz CT molecular complexity index is 317. The number of hydrogen-bond donors (Lipinski definition) is 1. The number of rotatable bonds is 3. The lowest BCUT2D eigenvalue weighted by Crippen LogP contribution is -2.17. The molecule has 1 heterocycles. The number of aliphatic carboxylic acids is 1. The minimum absolute atomic E-state index is 0.457. The maximum Gasteiger partial charge on any atom is 0.309 e. The minimum Gasteiger partial charge on any atom is -0.481 e. The van der Waals surface area contributed by atoms with Gasteiger partial charge in [0.25, 0.3) is 0 Å². The van der Waals surface area contributed by atoms with Crippen molar-refractivity contribution in [3.8, 4) is 0 Å². The van der Waals surface area contributed by atoms with Crippen molar-refractivity contribution in [2.75, 3.05) is 0 Å². The van der Waals surface area contributed by atoms with Crippen LogP contribution in [0.3, 0.4) is 0 Å². The molecule has 0 radical (unpaired) electrons. The average Bonchev–Trinajstić information content (AvgIpc) is 2.87. The van der Waals surface area contributed by atoms with Crippen molar-refractivity contribution in [2.24, 2.45) is 5.41 Å². The van der Waals surface area contributed by atoms with E-state index in [1.54, 1.807) is 12.4 Å². The Balaban J connectivity index is 2.11. The fraction of sp³-hybridized carbons (Fsp3) is 0.400. The van der Waals surface area contributed by atoms with Gasteiger partial charge in [-0.2, -0.15) is 0 Å². The Kier molecular flexibility index (Phi) is 1.79. The van der Waals surface area contributed by atoms with E-state index in [4.69, 9.17) is 5.11 Å². The Hall–Kier alpha value is -1.38. The lowest BCUT2D eigenvalue weighted by Gasteiger charge is -2.08. The van der Waals surface area contributed by atoms with Crippen LogP contribution in [0.5, 0.6) is 0 Å². The predicted octanol–water partition coefficient (Wildman–Crippen LogP) is 1.49. The van der Waals surface area contributed by atoms with Crippen LogP contribution in [0.1, 0.15) is 18.4 Å².